The third-order valence-electron chi connectivity index (χ3n) is 4.83. The molecule has 1 aromatic heterocycles. The fraction of sp³-hybridized carbons (Fsp3) is 0.292. The predicted octanol–water partition coefficient (Wildman–Crippen LogP) is 3.93. The van der Waals surface area contributed by atoms with Crippen LogP contribution in [-0.2, 0) is 21.2 Å². The van der Waals surface area contributed by atoms with Gasteiger partial charge in [0.25, 0.3) is 10.0 Å². The zero-order valence-electron chi connectivity index (χ0n) is 18.3. The van der Waals surface area contributed by atoms with Crippen LogP contribution >= 0.6 is 0 Å². The summed E-state index contributed by atoms with van der Waals surface area (Å²) in [5, 5.41) is 2.80. The summed E-state index contributed by atoms with van der Waals surface area (Å²) in [6.07, 6.45) is 2.99. The number of hydrogen-bond donors (Lipinski definition) is 1. The van der Waals surface area contributed by atoms with Crippen molar-refractivity contribution in [2.75, 3.05) is 24.0 Å². The van der Waals surface area contributed by atoms with Gasteiger partial charge in [0.2, 0.25) is 5.91 Å². The predicted molar refractivity (Wildman–Crippen MR) is 123 cm³/mol. The molecular weight excluding hydrogens is 428 g/mol. The van der Waals surface area contributed by atoms with Crippen molar-refractivity contribution in [1.29, 1.82) is 0 Å². The van der Waals surface area contributed by atoms with Gasteiger partial charge in [0.05, 0.1) is 23.5 Å². The average molecular weight is 457 g/mol. The van der Waals surface area contributed by atoms with Crippen molar-refractivity contribution >= 4 is 21.6 Å². The largest absolute Gasteiger partial charge is 0.494 e. The van der Waals surface area contributed by atoms with Gasteiger partial charge < -0.3 is 14.5 Å². The number of nitrogens with zero attached hydrogens (tertiary/aromatic N) is 1. The Labute approximate surface area is 189 Å². The lowest BCUT2D eigenvalue weighted by Crippen LogP contribution is -2.41. The molecule has 0 saturated carbocycles. The molecule has 2 aromatic carbocycles. The highest BCUT2D eigenvalue weighted by Gasteiger charge is 2.27. The van der Waals surface area contributed by atoms with Gasteiger partial charge in [0.1, 0.15) is 18.1 Å². The molecule has 170 valence electrons. The number of benzene rings is 2. The zero-order valence-corrected chi connectivity index (χ0v) is 19.1. The first kappa shape index (κ1) is 23.4. The summed E-state index contributed by atoms with van der Waals surface area (Å²) >= 11 is 0. The minimum atomic E-state index is -3.96. The second-order valence-electron chi connectivity index (χ2n) is 7.28. The minimum Gasteiger partial charge on any atom is -0.494 e. The summed E-state index contributed by atoms with van der Waals surface area (Å²) in [5.41, 5.74) is 1.42. The first-order valence-corrected chi connectivity index (χ1v) is 12.0. The highest BCUT2D eigenvalue weighted by Crippen LogP contribution is 2.25. The number of hydrogen-bond acceptors (Lipinski definition) is 5. The molecule has 0 radical (unpaired) electrons. The molecule has 0 aliphatic carbocycles. The van der Waals surface area contributed by atoms with E-state index in [0.717, 1.165) is 15.6 Å². The Morgan fingerprint density at radius 3 is 2.41 bits per heavy atom. The van der Waals surface area contributed by atoms with E-state index in [1.165, 1.54) is 12.1 Å². The Morgan fingerprint density at radius 2 is 1.78 bits per heavy atom. The van der Waals surface area contributed by atoms with Crippen LogP contribution in [0.1, 0.15) is 24.7 Å². The van der Waals surface area contributed by atoms with E-state index in [0.29, 0.717) is 37.4 Å². The van der Waals surface area contributed by atoms with Gasteiger partial charge in [-0.25, -0.2) is 8.42 Å². The Kier molecular flexibility index (Phi) is 7.94. The van der Waals surface area contributed by atoms with Crippen molar-refractivity contribution in [3.63, 3.8) is 0 Å². The summed E-state index contributed by atoms with van der Waals surface area (Å²) in [6, 6.07) is 16.9. The van der Waals surface area contributed by atoms with Gasteiger partial charge in [-0.15, -0.1) is 0 Å². The van der Waals surface area contributed by atoms with Crippen molar-refractivity contribution in [1.82, 2.24) is 5.32 Å². The molecule has 3 aromatic rings. The molecule has 0 unspecified atom stereocenters. The van der Waals surface area contributed by atoms with Crippen molar-refractivity contribution in [3.8, 4) is 5.75 Å². The Bertz CT molecular complexity index is 1090. The summed E-state index contributed by atoms with van der Waals surface area (Å²) in [7, 11) is -3.96. The van der Waals surface area contributed by atoms with E-state index < -0.39 is 10.0 Å². The number of amides is 1. The van der Waals surface area contributed by atoms with E-state index in [9.17, 15) is 13.2 Å². The van der Waals surface area contributed by atoms with E-state index in [2.05, 4.69) is 5.32 Å². The van der Waals surface area contributed by atoms with Crippen LogP contribution in [0.25, 0.3) is 0 Å². The number of rotatable bonds is 11. The van der Waals surface area contributed by atoms with E-state index in [4.69, 9.17) is 9.15 Å². The molecule has 3 rings (SSSR count). The van der Waals surface area contributed by atoms with Crippen molar-refractivity contribution in [2.45, 2.75) is 31.6 Å². The van der Waals surface area contributed by atoms with Crippen LogP contribution in [0.4, 0.5) is 5.69 Å². The maximum atomic E-state index is 13.4. The Morgan fingerprint density at radius 1 is 1.06 bits per heavy atom. The number of nitrogens with one attached hydrogen (secondary N) is 1. The number of aryl methyl sites for hydroxylation is 2. The second-order valence-corrected chi connectivity index (χ2v) is 9.15. The maximum absolute atomic E-state index is 13.4. The van der Waals surface area contributed by atoms with E-state index in [-0.39, 0.29) is 17.3 Å². The van der Waals surface area contributed by atoms with Crippen LogP contribution in [0, 0.1) is 6.92 Å². The van der Waals surface area contributed by atoms with Gasteiger partial charge >= 0.3 is 0 Å². The number of sulfonamides is 1. The third kappa shape index (κ3) is 6.13. The molecule has 1 heterocycles. The second kappa shape index (κ2) is 10.9. The van der Waals surface area contributed by atoms with Crippen molar-refractivity contribution in [3.05, 3.63) is 78.3 Å². The van der Waals surface area contributed by atoms with Gasteiger partial charge in [0, 0.05) is 13.0 Å². The van der Waals surface area contributed by atoms with Crippen LogP contribution in [0.5, 0.6) is 5.75 Å². The number of furan rings is 1. The standard InChI is InChI=1S/C24H28N2O5S/c1-3-30-22-12-14-23(15-13-22)32(28,29)26(20-10-8-19(2)9-11-20)18-24(27)25-16-4-6-21-7-5-17-31-21/h5,7-15,17H,3-4,6,16,18H2,1-2H3,(H,25,27). The molecule has 1 N–H and O–H groups in total. The monoisotopic (exact) mass is 456 g/mol. The highest BCUT2D eigenvalue weighted by atomic mass is 32.2. The van der Waals surface area contributed by atoms with E-state index in [1.807, 2.05) is 38.1 Å². The molecule has 0 bridgehead atoms. The normalized spacial score (nSPS) is 11.2. The molecular formula is C24H28N2O5S. The number of anilines is 1. The summed E-state index contributed by atoms with van der Waals surface area (Å²) < 4.78 is 38.6. The molecule has 32 heavy (non-hydrogen) atoms. The van der Waals surface area contributed by atoms with Gasteiger partial charge in [-0.2, -0.15) is 0 Å². The number of carbonyl (C=O) groups is 1. The Balaban J connectivity index is 1.74. The quantitative estimate of drug-likeness (QED) is 0.442. The summed E-state index contributed by atoms with van der Waals surface area (Å²) in [5.74, 6) is 1.06. The molecule has 7 nitrogen and oxygen atoms in total. The van der Waals surface area contributed by atoms with Crippen LogP contribution < -0.4 is 14.4 Å². The van der Waals surface area contributed by atoms with Gasteiger partial charge in [0.15, 0.2) is 0 Å². The van der Waals surface area contributed by atoms with Gasteiger partial charge in [-0.1, -0.05) is 17.7 Å². The van der Waals surface area contributed by atoms with Gasteiger partial charge in [-0.3, -0.25) is 9.10 Å². The fourth-order valence-electron chi connectivity index (χ4n) is 3.16. The molecule has 0 saturated heterocycles. The molecule has 0 aliphatic heterocycles. The zero-order chi connectivity index (χ0) is 23.0. The number of carbonyl (C=O) groups excluding carboxylic acids is 1. The average Bonchev–Trinajstić information content (AvgIpc) is 3.30. The lowest BCUT2D eigenvalue weighted by Gasteiger charge is -2.24. The van der Waals surface area contributed by atoms with Gasteiger partial charge in [-0.05, 0) is 68.8 Å². The smallest absolute Gasteiger partial charge is 0.264 e. The fourth-order valence-corrected chi connectivity index (χ4v) is 4.58. The van der Waals surface area contributed by atoms with Crippen molar-refractivity contribution in [2.24, 2.45) is 0 Å². The first-order chi connectivity index (χ1) is 15.4. The molecule has 1 amide bonds. The van der Waals surface area contributed by atoms with Crippen LogP contribution in [0.15, 0.2) is 76.2 Å². The topological polar surface area (TPSA) is 88.9 Å². The maximum Gasteiger partial charge on any atom is 0.264 e. The lowest BCUT2D eigenvalue weighted by atomic mass is 10.2. The van der Waals surface area contributed by atoms with Crippen LogP contribution in [0.3, 0.4) is 0 Å². The molecule has 0 atom stereocenters. The molecule has 0 spiro atoms. The summed E-state index contributed by atoms with van der Waals surface area (Å²) in [6.45, 7) is 4.36. The van der Waals surface area contributed by atoms with Crippen molar-refractivity contribution < 1.29 is 22.4 Å². The highest BCUT2D eigenvalue weighted by molar-refractivity contribution is 7.92. The van der Waals surface area contributed by atoms with E-state index in [1.54, 1.807) is 30.5 Å². The number of ether oxygens (including phenoxy) is 1. The van der Waals surface area contributed by atoms with Crippen LogP contribution in [0.2, 0.25) is 0 Å². The lowest BCUT2D eigenvalue weighted by molar-refractivity contribution is -0.119. The minimum absolute atomic E-state index is 0.0900. The van der Waals surface area contributed by atoms with E-state index >= 15 is 0 Å². The first-order valence-electron chi connectivity index (χ1n) is 10.5. The molecule has 0 fully saturated rings. The third-order valence-corrected chi connectivity index (χ3v) is 6.62. The molecule has 8 heteroatoms. The van der Waals surface area contributed by atoms with Crippen LogP contribution in [-0.4, -0.2) is 34.0 Å². The Hall–Kier alpha value is -3.26. The molecule has 0 aliphatic rings. The SMILES string of the molecule is CCOc1ccc(S(=O)(=O)N(CC(=O)NCCCc2ccco2)c2ccc(C)cc2)cc1. The summed E-state index contributed by atoms with van der Waals surface area (Å²) in [4.78, 5) is 12.7.